The third-order valence-electron chi connectivity index (χ3n) is 2.51. The normalized spacial score (nSPS) is 12.1. The summed E-state index contributed by atoms with van der Waals surface area (Å²) in [5.41, 5.74) is 1.15. The van der Waals surface area contributed by atoms with Crippen LogP contribution in [0.1, 0.15) is 16.8 Å². The second-order valence-corrected chi connectivity index (χ2v) is 4.26. The molecule has 0 atom stereocenters. The van der Waals surface area contributed by atoms with Gasteiger partial charge in [0.25, 0.3) is 0 Å². The van der Waals surface area contributed by atoms with E-state index in [1.165, 1.54) is 0 Å². The number of H-pyrrole nitrogens is 1. The quantitative estimate of drug-likeness (QED) is 0.726. The molecule has 17 heavy (non-hydrogen) atoms. The van der Waals surface area contributed by atoms with Gasteiger partial charge in [0.15, 0.2) is 0 Å². The Morgan fingerprint density at radius 2 is 1.82 bits per heavy atom. The van der Waals surface area contributed by atoms with E-state index in [0.717, 1.165) is 11.6 Å². The summed E-state index contributed by atoms with van der Waals surface area (Å²) in [4.78, 5) is 6.24. The van der Waals surface area contributed by atoms with Gasteiger partial charge in [-0.2, -0.15) is 13.2 Å². The number of nitrogens with one attached hydrogen (secondary N) is 1. The lowest BCUT2D eigenvalue weighted by molar-refractivity contribution is -0.141. The lowest BCUT2D eigenvalue weighted by Crippen LogP contribution is -2.11. The van der Waals surface area contributed by atoms with Crippen LogP contribution < -0.4 is 0 Å². The molecular formula is C11H9F3N2S. The Morgan fingerprint density at radius 1 is 1.18 bits per heavy atom. The maximum atomic E-state index is 12.6. The first-order chi connectivity index (χ1) is 7.79. The third kappa shape index (κ3) is 2.17. The van der Waals surface area contributed by atoms with Gasteiger partial charge in [-0.15, -0.1) is 0 Å². The van der Waals surface area contributed by atoms with Crippen LogP contribution in [0.4, 0.5) is 13.2 Å². The van der Waals surface area contributed by atoms with Gasteiger partial charge in [0.05, 0.1) is 0 Å². The molecule has 0 amide bonds. The summed E-state index contributed by atoms with van der Waals surface area (Å²) in [5, 5.41) is 0. The largest absolute Gasteiger partial charge is 0.431 e. The van der Waals surface area contributed by atoms with Gasteiger partial charge in [0, 0.05) is 5.56 Å². The van der Waals surface area contributed by atoms with Crippen LogP contribution in [0.25, 0.3) is 11.4 Å². The van der Waals surface area contributed by atoms with Gasteiger partial charge in [-0.25, -0.2) is 4.98 Å². The number of hydrogen-bond donors (Lipinski definition) is 1. The Labute approximate surface area is 101 Å². The van der Waals surface area contributed by atoms with E-state index in [0.29, 0.717) is 15.8 Å². The van der Waals surface area contributed by atoms with Gasteiger partial charge < -0.3 is 4.98 Å². The molecule has 1 N–H and O–H groups in total. The fraction of sp³-hybridized carbons (Fsp3) is 0.273. The minimum absolute atomic E-state index is 0.174. The van der Waals surface area contributed by atoms with Gasteiger partial charge in [-0.05, 0) is 37.1 Å². The van der Waals surface area contributed by atoms with Crippen LogP contribution in [-0.4, -0.2) is 9.97 Å². The van der Waals surface area contributed by atoms with E-state index in [2.05, 4.69) is 9.97 Å². The highest BCUT2D eigenvalue weighted by molar-refractivity contribution is 7.71. The first kappa shape index (κ1) is 12.0. The summed E-state index contributed by atoms with van der Waals surface area (Å²) in [5.74, 6) is 0.174. The number of aromatic nitrogens is 2. The van der Waals surface area contributed by atoms with Crippen molar-refractivity contribution in [3.63, 3.8) is 0 Å². The Morgan fingerprint density at radius 3 is 2.41 bits per heavy atom. The molecule has 90 valence electrons. The highest BCUT2D eigenvalue weighted by Crippen LogP contribution is 2.32. The minimum Gasteiger partial charge on any atom is -0.336 e. The Bertz CT molecular complexity index is 601. The van der Waals surface area contributed by atoms with Gasteiger partial charge in [-0.1, -0.05) is 12.2 Å². The van der Waals surface area contributed by atoms with E-state index in [9.17, 15) is 13.2 Å². The Hall–Kier alpha value is -1.43. The SMILES string of the molecule is Cc1cc(C(F)(F)F)[nH]c2nc(=S)c(C)cc1-2. The number of pyridine rings is 2. The molecule has 0 aromatic carbocycles. The second-order valence-electron chi connectivity index (χ2n) is 3.87. The maximum absolute atomic E-state index is 12.6. The van der Waals surface area contributed by atoms with E-state index in [1.54, 1.807) is 19.9 Å². The van der Waals surface area contributed by atoms with Crippen molar-refractivity contribution < 1.29 is 13.2 Å². The van der Waals surface area contributed by atoms with Gasteiger partial charge >= 0.3 is 6.18 Å². The highest BCUT2D eigenvalue weighted by atomic mass is 32.1. The molecule has 2 heterocycles. The highest BCUT2D eigenvalue weighted by Gasteiger charge is 2.32. The molecule has 0 aliphatic carbocycles. The van der Waals surface area contributed by atoms with Crippen LogP contribution in [0.2, 0.25) is 0 Å². The second kappa shape index (κ2) is 3.80. The fourth-order valence-corrected chi connectivity index (χ4v) is 1.75. The summed E-state index contributed by atoms with van der Waals surface area (Å²) < 4.78 is 38.1. The zero-order valence-corrected chi connectivity index (χ0v) is 9.96. The zero-order valence-electron chi connectivity index (χ0n) is 9.14. The molecule has 2 aliphatic rings. The number of alkyl halides is 3. The summed E-state index contributed by atoms with van der Waals surface area (Å²) in [6.07, 6.45) is -4.41. The molecule has 2 rings (SSSR count). The number of halogens is 3. The van der Waals surface area contributed by atoms with Gasteiger partial charge in [0.2, 0.25) is 0 Å². The topological polar surface area (TPSA) is 28.7 Å². The number of hydrogen-bond acceptors (Lipinski definition) is 2. The van der Waals surface area contributed by atoms with E-state index in [4.69, 9.17) is 12.2 Å². The summed E-state index contributed by atoms with van der Waals surface area (Å²) in [7, 11) is 0. The van der Waals surface area contributed by atoms with E-state index >= 15 is 0 Å². The number of rotatable bonds is 0. The third-order valence-corrected chi connectivity index (χ3v) is 2.92. The number of nitrogens with zero attached hydrogens (tertiary/aromatic N) is 1. The molecule has 0 aromatic rings. The Balaban J connectivity index is 2.79. The van der Waals surface area contributed by atoms with Gasteiger partial charge in [0.1, 0.15) is 16.2 Å². The van der Waals surface area contributed by atoms with Crippen molar-refractivity contribution in [1.82, 2.24) is 9.97 Å². The molecular weight excluding hydrogens is 249 g/mol. The van der Waals surface area contributed by atoms with E-state index in [-0.39, 0.29) is 5.82 Å². The molecule has 2 nitrogen and oxygen atoms in total. The van der Waals surface area contributed by atoms with Crippen molar-refractivity contribution in [2.75, 3.05) is 0 Å². The maximum Gasteiger partial charge on any atom is 0.431 e. The van der Waals surface area contributed by atoms with E-state index in [1.807, 2.05) is 0 Å². The first-order valence-electron chi connectivity index (χ1n) is 4.87. The molecule has 0 aromatic heterocycles. The summed E-state index contributed by atoms with van der Waals surface area (Å²) >= 11 is 4.95. The number of aromatic amines is 1. The molecule has 0 radical (unpaired) electrons. The first-order valence-corrected chi connectivity index (χ1v) is 5.28. The van der Waals surface area contributed by atoms with Crippen LogP contribution in [-0.2, 0) is 6.18 Å². The molecule has 0 saturated carbocycles. The molecule has 0 bridgehead atoms. The minimum atomic E-state index is -4.41. The molecule has 0 spiro atoms. The van der Waals surface area contributed by atoms with Crippen LogP contribution in [0.3, 0.4) is 0 Å². The van der Waals surface area contributed by atoms with Crippen molar-refractivity contribution >= 4 is 12.2 Å². The zero-order chi connectivity index (χ0) is 12.8. The Kier molecular flexibility index (Phi) is 2.69. The average Bonchev–Trinajstić information content (AvgIpc) is 2.19. The predicted molar refractivity (Wildman–Crippen MR) is 60.5 cm³/mol. The average molecular weight is 258 g/mol. The lowest BCUT2D eigenvalue weighted by atomic mass is 10.1. The number of aryl methyl sites for hydroxylation is 2. The smallest absolute Gasteiger partial charge is 0.336 e. The van der Waals surface area contributed by atoms with Crippen LogP contribution >= 0.6 is 12.2 Å². The standard InChI is InChI=1S/C11H9F3N2S/c1-5-4-8(11(12,13)14)15-9-7(5)3-6(2)10(17)16-9/h3-4H,1-2H3,(H,15,16,17). The van der Waals surface area contributed by atoms with Crippen LogP contribution in [0.5, 0.6) is 0 Å². The molecule has 0 saturated heterocycles. The molecule has 2 aliphatic heterocycles. The molecule has 0 unspecified atom stereocenters. The van der Waals surface area contributed by atoms with Crippen LogP contribution in [0.15, 0.2) is 12.1 Å². The lowest BCUT2D eigenvalue weighted by Gasteiger charge is -2.14. The summed E-state index contributed by atoms with van der Waals surface area (Å²) in [6, 6.07) is 2.82. The van der Waals surface area contributed by atoms with Crippen molar-refractivity contribution in [1.29, 1.82) is 0 Å². The van der Waals surface area contributed by atoms with Crippen molar-refractivity contribution in [2.45, 2.75) is 20.0 Å². The monoisotopic (exact) mass is 258 g/mol. The van der Waals surface area contributed by atoms with Crippen molar-refractivity contribution in [3.05, 3.63) is 33.6 Å². The van der Waals surface area contributed by atoms with Crippen molar-refractivity contribution in [3.8, 4) is 11.4 Å². The summed E-state index contributed by atoms with van der Waals surface area (Å²) in [6.45, 7) is 3.40. The fourth-order valence-electron chi connectivity index (χ4n) is 1.60. The predicted octanol–water partition coefficient (Wildman–Crippen LogP) is 3.88. The van der Waals surface area contributed by atoms with E-state index < -0.39 is 11.9 Å². The van der Waals surface area contributed by atoms with Crippen LogP contribution in [0, 0.1) is 18.5 Å². The van der Waals surface area contributed by atoms with Gasteiger partial charge in [-0.3, -0.25) is 0 Å². The molecule has 6 heteroatoms. The van der Waals surface area contributed by atoms with Crippen molar-refractivity contribution in [2.24, 2.45) is 0 Å². The molecule has 0 fully saturated rings. The number of fused-ring (bicyclic) bond motifs is 1.